The van der Waals surface area contributed by atoms with Gasteiger partial charge in [0, 0.05) is 12.3 Å². The van der Waals surface area contributed by atoms with Crippen LogP contribution in [0, 0.1) is 5.41 Å². The molecule has 0 spiro atoms. The van der Waals surface area contributed by atoms with Crippen molar-refractivity contribution in [3.8, 4) is 0 Å². The maximum atomic E-state index is 11.6. The lowest BCUT2D eigenvalue weighted by Crippen LogP contribution is -2.54. The average molecular weight is 294 g/mol. The van der Waals surface area contributed by atoms with Crippen LogP contribution in [0.1, 0.15) is 27.7 Å². The van der Waals surface area contributed by atoms with Crippen LogP contribution in [-0.4, -0.2) is 49.6 Å². The minimum Gasteiger partial charge on any atom is -0.480 e. The predicted molar refractivity (Wildman–Crippen MR) is 71.7 cm³/mol. The van der Waals surface area contributed by atoms with Crippen LogP contribution in [0.5, 0.6) is 0 Å². The quantitative estimate of drug-likeness (QED) is 0.671. The van der Waals surface area contributed by atoms with Gasteiger partial charge >= 0.3 is 12.0 Å². The molecule has 0 fully saturated rings. The number of nitrogens with one attached hydrogen (secondary N) is 2. The SMILES string of the molecule is CC(CS(C)(=O)=O)NC(=O)N[C@H](C(=O)O)C(C)(C)C. The standard InChI is InChI=1S/C11H22N2O5S/c1-7(6-19(5,17)18)12-10(16)13-8(9(14)15)11(2,3)4/h7-8H,6H2,1-5H3,(H,14,15)(H2,12,13,16)/t7?,8-/m1/s1. The Bertz CT molecular complexity index is 438. The second-order valence-electron chi connectivity index (χ2n) is 5.75. The molecule has 0 radical (unpaired) electrons. The molecule has 0 aliphatic carbocycles. The maximum Gasteiger partial charge on any atom is 0.326 e. The molecule has 0 saturated heterocycles. The van der Waals surface area contributed by atoms with Crippen LogP contribution in [0.15, 0.2) is 0 Å². The Morgan fingerprint density at radius 2 is 1.68 bits per heavy atom. The molecule has 0 heterocycles. The number of sulfone groups is 1. The molecular weight excluding hydrogens is 272 g/mol. The highest BCUT2D eigenvalue weighted by molar-refractivity contribution is 7.90. The van der Waals surface area contributed by atoms with Crippen LogP contribution in [0.2, 0.25) is 0 Å². The number of aliphatic carboxylic acids is 1. The minimum absolute atomic E-state index is 0.201. The zero-order valence-corrected chi connectivity index (χ0v) is 12.7. The van der Waals surface area contributed by atoms with Gasteiger partial charge < -0.3 is 15.7 Å². The van der Waals surface area contributed by atoms with Gasteiger partial charge in [0.05, 0.1) is 5.75 Å². The summed E-state index contributed by atoms with van der Waals surface area (Å²) < 4.78 is 22.1. The van der Waals surface area contributed by atoms with Crippen LogP contribution < -0.4 is 10.6 Å². The van der Waals surface area contributed by atoms with E-state index >= 15 is 0 Å². The lowest BCUT2D eigenvalue weighted by atomic mass is 9.87. The van der Waals surface area contributed by atoms with Crippen LogP contribution in [0.4, 0.5) is 4.79 Å². The molecule has 8 heteroatoms. The van der Waals surface area contributed by atoms with Gasteiger partial charge in [-0.1, -0.05) is 20.8 Å². The zero-order chi connectivity index (χ0) is 15.4. The van der Waals surface area contributed by atoms with Crippen molar-refractivity contribution >= 4 is 21.8 Å². The fourth-order valence-electron chi connectivity index (χ4n) is 1.54. The van der Waals surface area contributed by atoms with Gasteiger partial charge in [0.1, 0.15) is 15.9 Å². The third kappa shape index (κ3) is 7.66. The first-order chi connectivity index (χ1) is 8.33. The second-order valence-corrected chi connectivity index (χ2v) is 7.93. The maximum absolute atomic E-state index is 11.6. The molecule has 0 aliphatic rings. The molecule has 19 heavy (non-hydrogen) atoms. The first kappa shape index (κ1) is 17.7. The van der Waals surface area contributed by atoms with Gasteiger partial charge in [0.15, 0.2) is 0 Å². The van der Waals surface area contributed by atoms with E-state index in [1.807, 2.05) is 0 Å². The molecule has 2 amide bonds. The highest BCUT2D eigenvalue weighted by Gasteiger charge is 2.32. The van der Waals surface area contributed by atoms with Crippen LogP contribution in [0.25, 0.3) is 0 Å². The first-order valence-electron chi connectivity index (χ1n) is 5.80. The summed E-state index contributed by atoms with van der Waals surface area (Å²) in [6.45, 7) is 6.59. The molecule has 2 atom stereocenters. The fourth-order valence-corrected chi connectivity index (χ4v) is 2.53. The Balaban J connectivity index is 4.57. The molecule has 0 rings (SSSR count). The number of amides is 2. The smallest absolute Gasteiger partial charge is 0.326 e. The van der Waals surface area contributed by atoms with E-state index in [1.54, 1.807) is 20.8 Å². The van der Waals surface area contributed by atoms with Crippen molar-refractivity contribution in [1.82, 2.24) is 10.6 Å². The third-order valence-corrected chi connectivity index (χ3v) is 3.42. The second kappa shape index (κ2) is 6.23. The van der Waals surface area contributed by atoms with E-state index in [-0.39, 0.29) is 5.75 Å². The molecule has 0 aromatic heterocycles. The highest BCUT2D eigenvalue weighted by Crippen LogP contribution is 2.19. The van der Waals surface area contributed by atoms with Crippen LogP contribution in [0.3, 0.4) is 0 Å². The van der Waals surface area contributed by atoms with Gasteiger partial charge in [-0.3, -0.25) is 0 Å². The summed E-state index contributed by atoms with van der Waals surface area (Å²) in [6.07, 6.45) is 1.07. The summed E-state index contributed by atoms with van der Waals surface area (Å²) in [5.41, 5.74) is -0.650. The number of hydrogen-bond acceptors (Lipinski definition) is 4. The largest absolute Gasteiger partial charge is 0.480 e. The Morgan fingerprint density at radius 1 is 1.21 bits per heavy atom. The number of carboxylic acid groups (broad SMARTS) is 1. The Hall–Kier alpha value is -1.31. The molecule has 3 N–H and O–H groups in total. The third-order valence-electron chi connectivity index (χ3n) is 2.32. The van der Waals surface area contributed by atoms with E-state index in [0.29, 0.717) is 0 Å². The summed E-state index contributed by atoms with van der Waals surface area (Å²) in [5, 5.41) is 13.8. The van der Waals surface area contributed by atoms with E-state index in [9.17, 15) is 18.0 Å². The van der Waals surface area contributed by atoms with Crippen LogP contribution >= 0.6 is 0 Å². The number of carboxylic acids is 1. The molecule has 7 nitrogen and oxygen atoms in total. The van der Waals surface area contributed by atoms with Gasteiger partial charge in [0.25, 0.3) is 0 Å². The van der Waals surface area contributed by atoms with Crippen molar-refractivity contribution in [1.29, 1.82) is 0 Å². The fraction of sp³-hybridized carbons (Fsp3) is 0.818. The van der Waals surface area contributed by atoms with Crippen molar-refractivity contribution in [2.45, 2.75) is 39.8 Å². The summed E-state index contributed by atoms with van der Waals surface area (Å²) in [6, 6.07) is -2.35. The molecule has 1 unspecified atom stereocenters. The van der Waals surface area contributed by atoms with Crippen molar-refractivity contribution < 1.29 is 23.1 Å². The molecule has 0 bridgehead atoms. The summed E-state index contributed by atoms with van der Waals surface area (Å²) in [7, 11) is -3.20. The lowest BCUT2D eigenvalue weighted by Gasteiger charge is -2.28. The monoisotopic (exact) mass is 294 g/mol. The van der Waals surface area contributed by atoms with Gasteiger partial charge in [-0.25, -0.2) is 18.0 Å². The Morgan fingerprint density at radius 3 is 2.00 bits per heavy atom. The normalized spacial score (nSPS) is 15.4. The average Bonchev–Trinajstić information content (AvgIpc) is 2.07. The van der Waals surface area contributed by atoms with E-state index in [4.69, 9.17) is 5.11 Å². The van der Waals surface area contributed by atoms with Gasteiger partial charge in [0.2, 0.25) is 0 Å². The molecule has 112 valence electrons. The van der Waals surface area contributed by atoms with Gasteiger partial charge in [-0.2, -0.15) is 0 Å². The number of hydrogen-bond donors (Lipinski definition) is 3. The Kier molecular flexibility index (Phi) is 5.80. The number of rotatable bonds is 5. The molecule has 0 saturated carbocycles. The lowest BCUT2D eigenvalue weighted by molar-refractivity contribution is -0.141. The summed E-state index contributed by atoms with van der Waals surface area (Å²) >= 11 is 0. The predicted octanol–water partition coefficient (Wildman–Crippen LogP) is 0.218. The minimum atomic E-state index is -3.20. The molecule has 0 aromatic rings. The van der Waals surface area contributed by atoms with Crippen LogP contribution in [-0.2, 0) is 14.6 Å². The van der Waals surface area contributed by atoms with E-state index in [2.05, 4.69) is 10.6 Å². The van der Waals surface area contributed by atoms with Crippen molar-refractivity contribution in [3.05, 3.63) is 0 Å². The van der Waals surface area contributed by atoms with E-state index < -0.39 is 39.3 Å². The zero-order valence-electron chi connectivity index (χ0n) is 11.9. The van der Waals surface area contributed by atoms with E-state index in [1.165, 1.54) is 6.92 Å². The van der Waals surface area contributed by atoms with Gasteiger partial charge in [-0.05, 0) is 12.3 Å². The highest BCUT2D eigenvalue weighted by atomic mass is 32.2. The number of carbonyl (C=O) groups is 2. The summed E-state index contributed by atoms with van der Waals surface area (Å²) in [5.74, 6) is -1.34. The van der Waals surface area contributed by atoms with Gasteiger partial charge in [-0.15, -0.1) is 0 Å². The van der Waals surface area contributed by atoms with Crippen molar-refractivity contribution in [2.24, 2.45) is 5.41 Å². The van der Waals surface area contributed by atoms with E-state index in [0.717, 1.165) is 6.26 Å². The van der Waals surface area contributed by atoms with Crippen molar-refractivity contribution in [2.75, 3.05) is 12.0 Å². The number of carbonyl (C=O) groups excluding carboxylic acids is 1. The number of urea groups is 1. The summed E-state index contributed by atoms with van der Waals surface area (Å²) in [4.78, 5) is 22.7. The molecule has 0 aliphatic heterocycles. The first-order valence-corrected chi connectivity index (χ1v) is 7.86. The molecule has 0 aromatic carbocycles. The topological polar surface area (TPSA) is 113 Å². The van der Waals surface area contributed by atoms with Crippen molar-refractivity contribution in [3.63, 3.8) is 0 Å². The Labute approximate surface area is 113 Å². The molecular formula is C11H22N2O5S.